The third-order valence-corrected chi connectivity index (χ3v) is 2.42. The van der Waals surface area contributed by atoms with Gasteiger partial charge in [-0.25, -0.2) is 4.79 Å². The minimum Gasteiger partial charge on any atom is -0.469 e. The van der Waals surface area contributed by atoms with Gasteiger partial charge >= 0.3 is 12.0 Å². The number of rotatable bonds is 4. The molecule has 0 aromatic heterocycles. The quantitative estimate of drug-likeness (QED) is 0.837. The number of benzene rings is 1. The summed E-state index contributed by atoms with van der Waals surface area (Å²) in [4.78, 5) is 22.2. The molecule has 2 N–H and O–H groups in total. The molecular formula is C11H13BrN2O3. The Kier molecular flexibility index (Phi) is 5.48. The maximum atomic E-state index is 11.4. The summed E-state index contributed by atoms with van der Waals surface area (Å²) < 4.78 is 5.33. The van der Waals surface area contributed by atoms with Gasteiger partial charge in [-0.2, -0.15) is 0 Å². The van der Waals surface area contributed by atoms with E-state index in [-0.39, 0.29) is 25.0 Å². The first-order chi connectivity index (χ1) is 8.11. The van der Waals surface area contributed by atoms with Gasteiger partial charge in [0.1, 0.15) is 0 Å². The second-order valence-electron chi connectivity index (χ2n) is 3.22. The zero-order valence-corrected chi connectivity index (χ0v) is 10.9. The van der Waals surface area contributed by atoms with Crippen LogP contribution in [0, 0.1) is 0 Å². The fourth-order valence-electron chi connectivity index (χ4n) is 1.12. The van der Waals surface area contributed by atoms with Gasteiger partial charge in [-0.1, -0.05) is 22.0 Å². The minimum atomic E-state index is -0.355. The largest absolute Gasteiger partial charge is 0.469 e. The highest BCUT2D eigenvalue weighted by Crippen LogP contribution is 2.15. The van der Waals surface area contributed by atoms with Gasteiger partial charge in [0.15, 0.2) is 0 Å². The molecule has 0 saturated carbocycles. The molecule has 0 unspecified atom stereocenters. The molecule has 0 heterocycles. The average Bonchev–Trinajstić information content (AvgIpc) is 2.28. The van der Waals surface area contributed by atoms with Crippen LogP contribution in [0.15, 0.2) is 28.7 Å². The first-order valence-electron chi connectivity index (χ1n) is 4.99. The molecule has 0 saturated heterocycles. The fourth-order valence-corrected chi connectivity index (χ4v) is 1.52. The van der Waals surface area contributed by atoms with Crippen LogP contribution in [-0.4, -0.2) is 25.7 Å². The van der Waals surface area contributed by atoms with Crippen LogP contribution in [0.5, 0.6) is 0 Å². The Morgan fingerprint density at radius 2 is 2.18 bits per heavy atom. The molecule has 0 spiro atoms. The Bertz CT molecular complexity index is 409. The van der Waals surface area contributed by atoms with E-state index in [0.29, 0.717) is 5.69 Å². The normalized spacial score (nSPS) is 9.53. The van der Waals surface area contributed by atoms with Crippen molar-refractivity contribution in [2.24, 2.45) is 0 Å². The number of carbonyl (C=O) groups is 2. The Morgan fingerprint density at radius 1 is 1.41 bits per heavy atom. The van der Waals surface area contributed by atoms with Crippen molar-refractivity contribution in [1.29, 1.82) is 0 Å². The average molecular weight is 301 g/mol. The molecule has 0 fully saturated rings. The molecular weight excluding hydrogens is 288 g/mol. The molecule has 2 amide bonds. The van der Waals surface area contributed by atoms with Crippen LogP contribution in [0.2, 0.25) is 0 Å². The standard InChI is InChI=1S/C11H13BrN2O3/c1-17-10(15)5-6-13-11(16)14-9-4-2-3-8(12)7-9/h2-4,7H,5-6H2,1H3,(H2,13,14,16). The SMILES string of the molecule is COC(=O)CCNC(=O)Nc1cccc(Br)c1. The number of carbonyl (C=O) groups excluding carboxylic acids is 2. The van der Waals surface area contributed by atoms with Crippen LogP contribution < -0.4 is 10.6 Å². The number of amides is 2. The zero-order chi connectivity index (χ0) is 12.7. The number of hydrogen-bond donors (Lipinski definition) is 2. The molecule has 0 atom stereocenters. The van der Waals surface area contributed by atoms with Crippen LogP contribution in [0.4, 0.5) is 10.5 Å². The van der Waals surface area contributed by atoms with E-state index in [9.17, 15) is 9.59 Å². The number of nitrogens with one attached hydrogen (secondary N) is 2. The van der Waals surface area contributed by atoms with Crippen LogP contribution in [0.3, 0.4) is 0 Å². The predicted octanol–water partition coefficient (Wildman–Crippen LogP) is 2.13. The van der Waals surface area contributed by atoms with Gasteiger partial charge in [-0.3, -0.25) is 4.79 Å². The van der Waals surface area contributed by atoms with Crippen LogP contribution in [0.25, 0.3) is 0 Å². The number of esters is 1. The third kappa shape index (κ3) is 5.35. The van der Waals surface area contributed by atoms with E-state index in [1.165, 1.54) is 7.11 Å². The van der Waals surface area contributed by atoms with Gasteiger partial charge in [-0.15, -0.1) is 0 Å². The summed E-state index contributed by atoms with van der Waals surface area (Å²) in [7, 11) is 1.31. The van der Waals surface area contributed by atoms with Crippen molar-refractivity contribution in [3.05, 3.63) is 28.7 Å². The van der Waals surface area contributed by atoms with E-state index in [1.54, 1.807) is 12.1 Å². The van der Waals surface area contributed by atoms with Crippen molar-refractivity contribution in [2.45, 2.75) is 6.42 Å². The molecule has 0 aliphatic carbocycles. The Morgan fingerprint density at radius 3 is 2.82 bits per heavy atom. The maximum absolute atomic E-state index is 11.4. The lowest BCUT2D eigenvalue weighted by Crippen LogP contribution is -2.30. The van der Waals surface area contributed by atoms with Crippen LogP contribution >= 0.6 is 15.9 Å². The van der Waals surface area contributed by atoms with Crippen molar-refractivity contribution < 1.29 is 14.3 Å². The van der Waals surface area contributed by atoms with E-state index in [2.05, 4.69) is 31.3 Å². The molecule has 0 aliphatic rings. The zero-order valence-electron chi connectivity index (χ0n) is 9.33. The van der Waals surface area contributed by atoms with E-state index in [0.717, 1.165) is 4.47 Å². The summed E-state index contributed by atoms with van der Waals surface area (Å²) in [6.45, 7) is 0.243. The summed E-state index contributed by atoms with van der Waals surface area (Å²) in [5, 5.41) is 5.19. The topological polar surface area (TPSA) is 67.4 Å². The van der Waals surface area contributed by atoms with Crippen molar-refractivity contribution in [3.8, 4) is 0 Å². The summed E-state index contributed by atoms with van der Waals surface area (Å²) in [6, 6.07) is 6.87. The molecule has 5 nitrogen and oxygen atoms in total. The molecule has 0 bridgehead atoms. The smallest absolute Gasteiger partial charge is 0.319 e. The summed E-state index contributed by atoms with van der Waals surface area (Å²) in [6.07, 6.45) is 0.155. The van der Waals surface area contributed by atoms with Crippen molar-refractivity contribution in [1.82, 2.24) is 5.32 Å². The highest BCUT2D eigenvalue weighted by atomic mass is 79.9. The lowest BCUT2D eigenvalue weighted by atomic mass is 10.3. The number of anilines is 1. The summed E-state index contributed by atoms with van der Waals surface area (Å²) in [5.74, 6) is -0.354. The van der Waals surface area contributed by atoms with Gasteiger partial charge in [0, 0.05) is 16.7 Å². The molecule has 1 rings (SSSR count). The second-order valence-corrected chi connectivity index (χ2v) is 4.13. The summed E-state index contributed by atoms with van der Waals surface area (Å²) >= 11 is 3.30. The lowest BCUT2D eigenvalue weighted by molar-refractivity contribution is -0.140. The van der Waals surface area contributed by atoms with E-state index in [4.69, 9.17) is 0 Å². The Labute approximate surface area is 108 Å². The van der Waals surface area contributed by atoms with Crippen molar-refractivity contribution in [2.75, 3.05) is 19.0 Å². The van der Waals surface area contributed by atoms with Gasteiger partial charge in [0.2, 0.25) is 0 Å². The number of halogens is 1. The number of methoxy groups -OCH3 is 1. The van der Waals surface area contributed by atoms with Crippen molar-refractivity contribution in [3.63, 3.8) is 0 Å². The van der Waals surface area contributed by atoms with Crippen molar-refractivity contribution >= 4 is 33.6 Å². The van der Waals surface area contributed by atoms with Gasteiger partial charge in [-0.05, 0) is 18.2 Å². The maximum Gasteiger partial charge on any atom is 0.319 e. The minimum absolute atomic E-state index is 0.155. The molecule has 1 aromatic rings. The summed E-state index contributed by atoms with van der Waals surface area (Å²) in [5.41, 5.74) is 0.676. The van der Waals surface area contributed by atoms with Gasteiger partial charge in [0.25, 0.3) is 0 Å². The molecule has 0 aliphatic heterocycles. The lowest BCUT2D eigenvalue weighted by Gasteiger charge is -2.07. The number of ether oxygens (including phenoxy) is 1. The van der Waals surface area contributed by atoms with Crippen LogP contribution in [-0.2, 0) is 9.53 Å². The van der Waals surface area contributed by atoms with Crippen LogP contribution in [0.1, 0.15) is 6.42 Å². The molecule has 0 radical (unpaired) electrons. The molecule has 17 heavy (non-hydrogen) atoms. The fraction of sp³-hybridized carbons (Fsp3) is 0.273. The number of hydrogen-bond acceptors (Lipinski definition) is 3. The Hall–Kier alpha value is -1.56. The van der Waals surface area contributed by atoms with Gasteiger partial charge in [0.05, 0.1) is 13.5 Å². The van der Waals surface area contributed by atoms with Gasteiger partial charge < -0.3 is 15.4 Å². The molecule has 1 aromatic carbocycles. The first kappa shape index (κ1) is 13.5. The molecule has 6 heteroatoms. The first-order valence-corrected chi connectivity index (χ1v) is 5.78. The molecule has 92 valence electrons. The Balaban J connectivity index is 2.32. The predicted molar refractivity (Wildman–Crippen MR) is 67.8 cm³/mol. The van der Waals surface area contributed by atoms with E-state index in [1.807, 2.05) is 12.1 Å². The van der Waals surface area contributed by atoms with E-state index >= 15 is 0 Å². The number of urea groups is 1. The monoisotopic (exact) mass is 300 g/mol. The van der Waals surface area contributed by atoms with E-state index < -0.39 is 0 Å². The highest BCUT2D eigenvalue weighted by Gasteiger charge is 2.03. The third-order valence-electron chi connectivity index (χ3n) is 1.92. The highest BCUT2D eigenvalue weighted by molar-refractivity contribution is 9.10. The second kappa shape index (κ2) is 6.90.